The number of aryl methyl sites for hydroxylation is 1. The summed E-state index contributed by atoms with van der Waals surface area (Å²) in [4.78, 5) is 5.00. The first-order valence-electron chi connectivity index (χ1n) is 11.9. The van der Waals surface area contributed by atoms with Crippen LogP contribution in [-0.4, -0.2) is 4.90 Å². The number of para-hydroxylation sites is 1. The first kappa shape index (κ1) is 20.6. The van der Waals surface area contributed by atoms with Crippen molar-refractivity contribution >= 4 is 5.69 Å². The number of fused-ring (bicyclic) bond motifs is 1. The van der Waals surface area contributed by atoms with Crippen molar-refractivity contribution < 1.29 is 0 Å². The molecular formula is C32H28N2. The van der Waals surface area contributed by atoms with Crippen molar-refractivity contribution in [3.8, 4) is 0 Å². The predicted octanol–water partition coefficient (Wildman–Crippen LogP) is 7.56. The Balaban J connectivity index is 1.64. The van der Waals surface area contributed by atoms with E-state index in [9.17, 15) is 0 Å². The number of hydrogen-bond donors (Lipinski definition) is 0. The summed E-state index contributed by atoms with van der Waals surface area (Å²) < 4.78 is 0. The largest absolute Gasteiger partial charge is 0.323 e. The summed E-state index contributed by atoms with van der Waals surface area (Å²) in [6, 6.07) is 41.4. The predicted molar refractivity (Wildman–Crippen MR) is 140 cm³/mol. The lowest BCUT2D eigenvalue weighted by Gasteiger charge is -2.34. The monoisotopic (exact) mass is 440 g/mol. The molecule has 4 aromatic carbocycles. The maximum atomic E-state index is 2.52. The molecule has 4 aromatic rings. The lowest BCUT2D eigenvalue weighted by Crippen LogP contribution is -2.31. The number of allylic oxidation sites excluding steroid dienone is 2. The van der Waals surface area contributed by atoms with Crippen LogP contribution < -0.4 is 4.90 Å². The quantitative estimate of drug-likeness (QED) is 0.323. The molecule has 1 atom stereocenters. The summed E-state index contributed by atoms with van der Waals surface area (Å²) in [5, 5.41) is 0. The molecule has 166 valence electrons. The van der Waals surface area contributed by atoms with Crippen molar-refractivity contribution in [3.63, 3.8) is 0 Å². The summed E-state index contributed by atoms with van der Waals surface area (Å²) >= 11 is 0. The third kappa shape index (κ3) is 2.95. The van der Waals surface area contributed by atoms with Gasteiger partial charge in [-0.2, -0.15) is 0 Å². The molecule has 2 aliphatic rings. The Morgan fingerprint density at radius 2 is 1.15 bits per heavy atom. The molecule has 34 heavy (non-hydrogen) atoms. The van der Waals surface area contributed by atoms with E-state index < -0.39 is 0 Å². The van der Waals surface area contributed by atoms with Gasteiger partial charge in [0.1, 0.15) is 6.17 Å². The minimum Gasteiger partial charge on any atom is -0.323 e. The Bertz CT molecular complexity index is 1330. The number of benzene rings is 4. The standard InChI is InChI=1S/C32H28N2/c1-24-14-12-13-21-29(24)34-25(2)30-32(27-17-8-4-9-18-27,28-19-10-5-11-20-28)22-23-33(30)31(34)26-15-6-3-7-16-26/h3-23,31H,1-2H3. The van der Waals surface area contributed by atoms with Crippen molar-refractivity contribution in [1.29, 1.82) is 0 Å². The van der Waals surface area contributed by atoms with Gasteiger partial charge >= 0.3 is 0 Å². The number of anilines is 1. The third-order valence-corrected chi connectivity index (χ3v) is 7.26. The highest BCUT2D eigenvalue weighted by atomic mass is 15.4. The maximum absolute atomic E-state index is 2.52. The van der Waals surface area contributed by atoms with Crippen LogP contribution in [0.2, 0.25) is 0 Å². The van der Waals surface area contributed by atoms with Gasteiger partial charge in [0.05, 0.1) is 11.1 Å². The Hall–Kier alpha value is -4.04. The van der Waals surface area contributed by atoms with Crippen molar-refractivity contribution in [2.24, 2.45) is 0 Å². The minimum atomic E-state index is -0.350. The Morgan fingerprint density at radius 1 is 0.618 bits per heavy atom. The smallest absolute Gasteiger partial charge is 0.136 e. The zero-order chi connectivity index (χ0) is 23.1. The molecule has 0 N–H and O–H groups in total. The molecule has 6 rings (SSSR count). The van der Waals surface area contributed by atoms with Crippen LogP contribution in [0.15, 0.2) is 139 Å². The number of nitrogens with zero attached hydrogens (tertiary/aromatic N) is 2. The van der Waals surface area contributed by atoms with Gasteiger partial charge in [0, 0.05) is 17.6 Å². The summed E-state index contributed by atoms with van der Waals surface area (Å²) in [5.41, 5.74) is 8.62. The Labute approximate surface area is 202 Å². The van der Waals surface area contributed by atoms with Crippen molar-refractivity contribution in [2.45, 2.75) is 25.4 Å². The SMILES string of the molecule is CC1=C2N(C=CC2(c2ccccc2)c2ccccc2)C(c2ccccc2)N1c1ccccc1C. The molecule has 0 saturated heterocycles. The van der Waals surface area contributed by atoms with E-state index in [-0.39, 0.29) is 11.6 Å². The Kier molecular flexibility index (Phi) is 4.88. The molecule has 0 radical (unpaired) electrons. The lowest BCUT2D eigenvalue weighted by molar-refractivity contribution is 0.375. The lowest BCUT2D eigenvalue weighted by atomic mass is 9.72. The van der Waals surface area contributed by atoms with E-state index in [0.717, 1.165) is 0 Å². The minimum absolute atomic E-state index is 0.0582. The molecule has 2 heterocycles. The highest BCUT2D eigenvalue weighted by molar-refractivity contribution is 5.68. The van der Waals surface area contributed by atoms with Crippen LogP contribution in [0.25, 0.3) is 0 Å². The van der Waals surface area contributed by atoms with Crippen LogP contribution in [0.4, 0.5) is 5.69 Å². The van der Waals surface area contributed by atoms with Gasteiger partial charge in [-0.15, -0.1) is 0 Å². The fourth-order valence-electron chi connectivity index (χ4n) is 5.76. The van der Waals surface area contributed by atoms with E-state index in [0.29, 0.717) is 0 Å². The molecule has 0 amide bonds. The first-order valence-corrected chi connectivity index (χ1v) is 11.9. The second-order valence-corrected chi connectivity index (χ2v) is 9.14. The van der Waals surface area contributed by atoms with Crippen LogP contribution in [0.1, 0.15) is 35.3 Å². The fraction of sp³-hybridized carbons (Fsp3) is 0.125. The van der Waals surface area contributed by atoms with Crippen LogP contribution in [0, 0.1) is 6.92 Å². The van der Waals surface area contributed by atoms with E-state index in [1.165, 1.54) is 39.3 Å². The topological polar surface area (TPSA) is 6.48 Å². The first-order chi connectivity index (χ1) is 16.7. The second-order valence-electron chi connectivity index (χ2n) is 9.14. The summed E-state index contributed by atoms with van der Waals surface area (Å²) in [7, 11) is 0. The van der Waals surface area contributed by atoms with Crippen LogP contribution in [-0.2, 0) is 5.41 Å². The molecular weight excluding hydrogens is 412 g/mol. The fourth-order valence-corrected chi connectivity index (χ4v) is 5.76. The van der Waals surface area contributed by atoms with Crippen molar-refractivity contribution in [3.05, 3.63) is 161 Å². The molecule has 0 fully saturated rings. The molecule has 0 spiro atoms. The molecule has 2 nitrogen and oxygen atoms in total. The average molecular weight is 441 g/mol. The maximum Gasteiger partial charge on any atom is 0.136 e. The van der Waals surface area contributed by atoms with Crippen LogP contribution >= 0.6 is 0 Å². The van der Waals surface area contributed by atoms with Gasteiger partial charge in [0.15, 0.2) is 0 Å². The van der Waals surface area contributed by atoms with Gasteiger partial charge in [-0.05, 0) is 48.2 Å². The number of rotatable bonds is 4. The number of hydrogen-bond acceptors (Lipinski definition) is 2. The van der Waals surface area contributed by atoms with Gasteiger partial charge in [0.2, 0.25) is 0 Å². The second kappa shape index (κ2) is 8.07. The van der Waals surface area contributed by atoms with Crippen LogP contribution in [0.3, 0.4) is 0 Å². The zero-order valence-corrected chi connectivity index (χ0v) is 19.6. The highest BCUT2D eigenvalue weighted by Gasteiger charge is 2.51. The van der Waals surface area contributed by atoms with Crippen molar-refractivity contribution in [1.82, 2.24) is 4.90 Å². The van der Waals surface area contributed by atoms with Gasteiger partial charge in [-0.1, -0.05) is 109 Å². The van der Waals surface area contributed by atoms with Gasteiger partial charge in [0.25, 0.3) is 0 Å². The van der Waals surface area contributed by atoms with E-state index in [1.807, 2.05) is 0 Å². The van der Waals surface area contributed by atoms with E-state index in [1.54, 1.807) is 0 Å². The van der Waals surface area contributed by atoms with Crippen LogP contribution in [0.5, 0.6) is 0 Å². The molecule has 0 aromatic heterocycles. The molecule has 0 aliphatic carbocycles. The normalized spacial score (nSPS) is 18.5. The average Bonchev–Trinajstić information content (AvgIpc) is 3.43. The third-order valence-electron chi connectivity index (χ3n) is 7.26. The Morgan fingerprint density at radius 3 is 1.74 bits per heavy atom. The summed E-state index contributed by atoms with van der Waals surface area (Å²) in [5.74, 6) is 0. The molecule has 0 saturated carbocycles. The van der Waals surface area contributed by atoms with Gasteiger partial charge in [-0.25, -0.2) is 0 Å². The van der Waals surface area contributed by atoms with E-state index >= 15 is 0 Å². The van der Waals surface area contributed by atoms with E-state index in [2.05, 4.69) is 151 Å². The van der Waals surface area contributed by atoms with Crippen molar-refractivity contribution in [2.75, 3.05) is 4.90 Å². The molecule has 2 heteroatoms. The highest BCUT2D eigenvalue weighted by Crippen LogP contribution is 2.56. The molecule has 1 unspecified atom stereocenters. The molecule has 2 aliphatic heterocycles. The molecule has 0 bridgehead atoms. The van der Waals surface area contributed by atoms with Gasteiger partial charge < -0.3 is 9.80 Å². The van der Waals surface area contributed by atoms with E-state index in [4.69, 9.17) is 0 Å². The summed E-state index contributed by atoms with van der Waals surface area (Å²) in [6.07, 6.45) is 4.75. The summed E-state index contributed by atoms with van der Waals surface area (Å²) in [6.45, 7) is 4.49. The zero-order valence-electron chi connectivity index (χ0n) is 19.6. The van der Waals surface area contributed by atoms with Gasteiger partial charge in [-0.3, -0.25) is 0 Å².